The van der Waals surface area contributed by atoms with Gasteiger partial charge in [-0.25, -0.2) is 4.79 Å². The zero-order chi connectivity index (χ0) is 21.1. The molecule has 0 unspecified atom stereocenters. The number of methoxy groups -OCH3 is 1. The van der Waals surface area contributed by atoms with Gasteiger partial charge in [0.15, 0.2) is 0 Å². The van der Waals surface area contributed by atoms with Crippen LogP contribution in [0.25, 0.3) is 0 Å². The number of ether oxygens (including phenoxy) is 2. The van der Waals surface area contributed by atoms with Crippen molar-refractivity contribution in [1.29, 1.82) is 0 Å². The summed E-state index contributed by atoms with van der Waals surface area (Å²) in [6.07, 6.45) is -5.24. The molecule has 8 nitrogen and oxygen atoms in total. The van der Waals surface area contributed by atoms with E-state index in [-0.39, 0.29) is 5.56 Å². The lowest BCUT2D eigenvalue weighted by atomic mass is 10.1. The number of rotatable bonds is 6. The Balaban J connectivity index is 2.50. The Labute approximate surface area is 155 Å². The predicted molar refractivity (Wildman–Crippen MR) is 87.3 cm³/mol. The van der Waals surface area contributed by atoms with E-state index in [2.05, 4.69) is 4.74 Å². The number of hydrogen-bond donors (Lipinski definition) is 1. The predicted octanol–water partition coefficient (Wildman–Crippen LogP) is 3.82. The second-order valence-corrected chi connectivity index (χ2v) is 5.46. The van der Waals surface area contributed by atoms with E-state index >= 15 is 0 Å². The third-order valence-electron chi connectivity index (χ3n) is 3.50. The molecule has 2 aromatic carbocycles. The lowest BCUT2D eigenvalue weighted by molar-refractivity contribution is -0.385. The fraction of sp³-hybridized carbons (Fsp3) is 0.176. The van der Waals surface area contributed by atoms with Gasteiger partial charge < -0.3 is 14.6 Å². The van der Waals surface area contributed by atoms with Gasteiger partial charge in [0.2, 0.25) is 5.75 Å². The van der Waals surface area contributed by atoms with E-state index in [1.165, 1.54) is 0 Å². The zero-order valence-corrected chi connectivity index (χ0v) is 14.1. The first-order chi connectivity index (χ1) is 13.0. The van der Waals surface area contributed by atoms with Crippen molar-refractivity contribution in [3.63, 3.8) is 0 Å². The number of benzene rings is 2. The number of carbonyl (C=O) groups is 2. The molecule has 0 aliphatic carbocycles. The normalized spacial score (nSPS) is 11.0. The van der Waals surface area contributed by atoms with Crippen molar-refractivity contribution in [2.24, 2.45) is 0 Å². The molecule has 0 fully saturated rings. The third-order valence-corrected chi connectivity index (χ3v) is 3.50. The molecule has 0 bridgehead atoms. The molecule has 0 saturated carbocycles. The Bertz CT molecular complexity index is 941. The molecule has 2 aromatic rings. The summed E-state index contributed by atoms with van der Waals surface area (Å²) < 4.78 is 49.0. The van der Waals surface area contributed by atoms with Crippen LogP contribution in [0.1, 0.15) is 21.5 Å². The van der Waals surface area contributed by atoms with Gasteiger partial charge in [0.1, 0.15) is 5.75 Å². The second kappa shape index (κ2) is 7.94. The van der Waals surface area contributed by atoms with Crippen LogP contribution in [0.2, 0.25) is 0 Å². The SMILES string of the molecule is COC(=O)Cc1cc(Oc2ccc(C(=O)O)cc2[N+](=O)[O-])cc(C(F)(F)F)c1. The van der Waals surface area contributed by atoms with E-state index in [0.29, 0.717) is 6.07 Å². The second-order valence-electron chi connectivity index (χ2n) is 5.46. The first-order valence-corrected chi connectivity index (χ1v) is 7.49. The molecule has 2 rings (SSSR count). The number of carbonyl (C=O) groups excluding carboxylic acids is 1. The third kappa shape index (κ3) is 4.96. The van der Waals surface area contributed by atoms with Crippen molar-refractivity contribution in [2.75, 3.05) is 7.11 Å². The van der Waals surface area contributed by atoms with E-state index in [1.807, 2.05) is 0 Å². The van der Waals surface area contributed by atoms with Crippen molar-refractivity contribution in [3.05, 3.63) is 63.2 Å². The van der Waals surface area contributed by atoms with Crippen molar-refractivity contribution in [3.8, 4) is 11.5 Å². The van der Waals surface area contributed by atoms with E-state index in [1.54, 1.807) is 0 Å². The number of nitro benzene ring substituents is 1. The summed E-state index contributed by atoms with van der Waals surface area (Å²) in [5, 5.41) is 20.1. The number of esters is 1. The highest BCUT2D eigenvalue weighted by atomic mass is 19.4. The maximum Gasteiger partial charge on any atom is 0.416 e. The molecule has 0 amide bonds. The number of nitrogens with zero attached hydrogens (tertiary/aromatic N) is 1. The maximum absolute atomic E-state index is 13.1. The Morgan fingerprint density at radius 3 is 2.39 bits per heavy atom. The van der Waals surface area contributed by atoms with E-state index in [4.69, 9.17) is 9.84 Å². The Hall–Kier alpha value is -3.63. The van der Waals surface area contributed by atoms with Crippen molar-refractivity contribution in [2.45, 2.75) is 12.6 Å². The number of carboxylic acid groups (broad SMARTS) is 1. The summed E-state index contributed by atoms with van der Waals surface area (Å²) in [7, 11) is 1.07. The summed E-state index contributed by atoms with van der Waals surface area (Å²) in [5.41, 5.74) is -2.35. The largest absolute Gasteiger partial charge is 0.478 e. The number of aromatic carboxylic acids is 1. The lowest BCUT2D eigenvalue weighted by Gasteiger charge is -2.13. The summed E-state index contributed by atoms with van der Waals surface area (Å²) >= 11 is 0. The van der Waals surface area contributed by atoms with Crippen LogP contribution in [-0.4, -0.2) is 29.1 Å². The van der Waals surface area contributed by atoms with Crippen LogP contribution in [0, 0.1) is 10.1 Å². The van der Waals surface area contributed by atoms with E-state index in [0.717, 1.165) is 37.4 Å². The van der Waals surface area contributed by atoms with Crippen LogP contribution in [0.15, 0.2) is 36.4 Å². The van der Waals surface area contributed by atoms with Gasteiger partial charge in [0.25, 0.3) is 0 Å². The van der Waals surface area contributed by atoms with E-state index in [9.17, 15) is 32.9 Å². The molecule has 1 N–H and O–H groups in total. The molecule has 148 valence electrons. The maximum atomic E-state index is 13.1. The summed E-state index contributed by atoms with van der Waals surface area (Å²) in [4.78, 5) is 32.5. The number of hydrogen-bond acceptors (Lipinski definition) is 6. The molecule has 11 heteroatoms. The van der Waals surface area contributed by atoms with Gasteiger partial charge in [-0.3, -0.25) is 14.9 Å². The standard InChI is InChI=1S/C17H12F3NO7/c1-27-15(22)6-9-4-11(17(18,19)20)8-12(5-9)28-14-3-2-10(16(23)24)7-13(14)21(25)26/h2-5,7-8H,6H2,1H3,(H,23,24). The number of nitro groups is 1. The molecule has 0 atom stereocenters. The van der Waals surface area contributed by atoms with Crippen molar-refractivity contribution < 1.29 is 42.3 Å². The molecule has 0 aliphatic heterocycles. The highest BCUT2D eigenvalue weighted by molar-refractivity contribution is 5.89. The molecule has 0 spiro atoms. The molecular formula is C17H12F3NO7. The summed E-state index contributed by atoms with van der Waals surface area (Å²) in [5.74, 6) is -3.09. The van der Waals surface area contributed by atoms with E-state index < -0.39 is 57.8 Å². The van der Waals surface area contributed by atoms with Gasteiger partial charge in [0, 0.05) is 6.07 Å². The fourth-order valence-corrected chi connectivity index (χ4v) is 2.23. The number of alkyl halides is 3. The van der Waals surface area contributed by atoms with Crippen LogP contribution < -0.4 is 4.74 Å². The molecule has 0 radical (unpaired) electrons. The lowest BCUT2D eigenvalue weighted by Crippen LogP contribution is -2.09. The number of carboxylic acids is 1. The molecule has 0 aliphatic rings. The van der Waals surface area contributed by atoms with Crippen LogP contribution >= 0.6 is 0 Å². The van der Waals surface area contributed by atoms with Gasteiger partial charge >= 0.3 is 23.8 Å². The number of halogens is 3. The van der Waals surface area contributed by atoms with Crippen molar-refractivity contribution in [1.82, 2.24) is 0 Å². The minimum Gasteiger partial charge on any atom is -0.478 e. The smallest absolute Gasteiger partial charge is 0.416 e. The minimum atomic E-state index is -4.76. The Morgan fingerprint density at radius 1 is 1.18 bits per heavy atom. The topological polar surface area (TPSA) is 116 Å². The summed E-state index contributed by atoms with van der Waals surface area (Å²) in [6, 6.07) is 5.12. The van der Waals surface area contributed by atoms with Gasteiger partial charge in [-0.15, -0.1) is 0 Å². The first-order valence-electron chi connectivity index (χ1n) is 7.49. The van der Waals surface area contributed by atoms with Gasteiger partial charge in [-0.05, 0) is 35.9 Å². The molecule has 0 heterocycles. The highest BCUT2D eigenvalue weighted by Crippen LogP contribution is 2.37. The average Bonchev–Trinajstić information content (AvgIpc) is 2.60. The summed E-state index contributed by atoms with van der Waals surface area (Å²) in [6.45, 7) is 0. The van der Waals surface area contributed by atoms with Gasteiger partial charge in [-0.2, -0.15) is 13.2 Å². The quantitative estimate of drug-likeness (QED) is 0.446. The van der Waals surface area contributed by atoms with Crippen LogP contribution in [-0.2, 0) is 22.1 Å². The molecule has 28 heavy (non-hydrogen) atoms. The van der Waals surface area contributed by atoms with Crippen LogP contribution in [0.5, 0.6) is 11.5 Å². The van der Waals surface area contributed by atoms with Crippen LogP contribution in [0.3, 0.4) is 0 Å². The molecule has 0 saturated heterocycles. The first kappa shape index (κ1) is 20.7. The van der Waals surface area contributed by atoms with Gasteiger partial charge in [0.05, 0.1) is 29.6 Å². The molecule has 0 aromatic heterocycles. The average molecular weight is 399 g/mol. The minimum absolute atomic E-state index is 0.0820. The van der Waals surface area contributed by atoms with Gasteiger partial charge in [-0.1, -0.05) is 0 Å². The van der Waals surface area contributed by atoms with Crippen LogP contribution in [0.4, 0.5) is 18.9 Å². The Kier molecular flexibility index (Phi) is 5.87. The van der Waals surface area contributed by atoms with Crippen molar-refractivity contribution >= 4 is 17.6 Å². The highest BCUT2D eigenvalue weighted by Gasteiger charge is 2.32. The Morgan fingerprint density at radius 2 is 1.86 bits per heavy atom. The zero-order valence-electron chi connectivity index (χ0n) is 14.1. The monoisotopic (exact) mass is 399 g/mol. The fourth-order valence-electron chi connectivity index (χ4n) is 2.23. The molecular weight excluding hydrogens is 387 g/mol.